The average Bonchev–Trinajstić information content (AvgIpc) is 3.21. The second kappa shape index (κ2) is 6.19. The Labute approximate surface area is 195 Å². The number of ketones is 2. The Morgan fingerprint density at radius 2 is 1.47 bits per heavy atom. The molecule has 6 aliphatic carbocycles. The molecule has 10 atom stereocenters. The van der Waals surface area contributed by atoms with E-state index in [9.17, 15) is 9.59 Å². The van der Waals surface area contributed by atoms with Crippen LogP contribution in [-0.4, -0.2) is 11.6 Å². The summed E-state index contributed by atoms with van der Waals surface area (Å²) in [4.78, 5) is 27.5. The summed E-state index contributed by atoms with van der Waals surface area (Å²) < 4.78 is 0. The molecule has 0 aromatic heterocycles. The molecule has 0 N–H and O–H groups in total. The van der Waals surface area contributed by atoms with E-state index in [1.165, 1.54) is 32.1 Å². The van der Waals surface area contributed by atoms with Crippen LogP contribution in [0.4, 0.5) is 0 Å². The van der Waals surface area contributed by atoms with Gasteiger partial charge in [0, 0.05) is 23.7 Å². The van der Waals surface area contributed by atoms with Gasteiger partial charge in [-0.25, -0.2) is 0 Å². The van der Waals surface area contributed by atoms with Crippen LogP contribution in [0.5, 0.6) is 0 Å². The third-order valence-corrected chi connectivity index (χ3v) is 12.9. The monoisotopic (exact) mass is 436 g/mol. The number of carbonyl (C=O) groups is 2. The van der Waals surface area contributed by atoms with E-state index in [1.54, 1.807) is 0 Å². The van der Waals surface area contributed by atoms with Gasteiger partial charge in [0.25, 0.3) is 0 Å². The number of hydrogen-bond acceptors (Lipinski definition) is 2. The van der Waals surface area contributed by atoms with E-state index < -0.39 is 0 Å². The summed E-state index contributed by atoms with van der Waals surface area (Å²) in [6.45, 7) is 19.1. The van der Waals surface area contributed by atoms with E-state index >= 15 is 0 Å². The van der Waals surface area contributed by atoms with Crippen molar-refractivity contribution in [3.8, 4) is 0 Å². The quantitative estimate of drug-likeness (QED) is 0.442. The van der Waals surface area contributed by atoms with Crippen molar-refractivity contribution in [3.63, 3.8) is 0 Å². The molecule has 0 amide bonds. The molecule has 0 saturated heterocycles. The number of rotatable bonds is 2. The van der Waals surface area contributed by atoms with Crippen LogP contribution in [-0.2, 0) is 9.59 Å². The maximum atomic E-state index is 13.9. The van der Waals surface area contributed by atoms with E-state index in [0.29, 0.717) is 52.5 Å². The second-order valence-corrected chi connectivity index (χ2v) is 14.7. The molecule has 4 bridgehead atoms. The van der Waals surface area contributed by atoms with Crippen molar-refractivity contribution in [1.82, 2.24) is 0 Å². The third kappa shape index (κ3) is 2.24. The van der Waals surface area contributed by atoms with Crippen LogP contribution in [0.15, 0.2) is 12.2 Å². The van der Waals surface area contributed by atoms with Crippen LogP contribution >= 0.6 is 0 Å². The van der Waals surface area contributed by atoms with Gasteiger partial charge in [-0.05, 0) is 102 Å². The summed E-state index contributed by atoms with van der Waals surface area (Å²) >= 11 is 0. The molecule has 0 spiro atoms. The zero-order valence-electron chi connectivity index (χ0n) is 21.3. The maximum absolute atomic E-state index is 13.9. The fourth-order valence-electron chi connectivity index (χ4n) is 11.8. The SMILES string of the molecule is C=C1C(=O)[C@H](C[C@@H]2C(=O)C[C@H]3[C@@H]4CC[C@H](C)[C@]23CC4(C)C)[C@H]2[C@@H]3CC[C@H](C)[C@]12CC3(C)C. The Morgan fingerprint density at radius 3 is 2.19 bits per heavy atom. The molecule has 6 aliphatic rings. The molecule has 6 fully saturated rings. The fraction of sp³-hybridized carbons (Fsp3) is 0.867. The first kappa shape index (κ1) is 21.6. The van der Waals surface area contributed by atoms with Crippen molar-refractivity contribution in [2.24, 2.45) is 69.0 Å². The summed E-state index contributed by atoms with van der Waals surface area (Å²) in [5.41, 5.74) is 1.70. The van der Waals surface area contributed by atoms with Crippen LogP contribution in [0.25, 0.3) is 0 Å². The summed E-state index contributed by atoms with van der Waals surface area (Å²) in [6.07, 6.45) is 8.95. The number of carbonyl (C=O) groups excluding carboxylic acids is 2. The predicted molar refractivity (Wildman–Crippen MR) is 128 cm³/mol. The van der Waals surface area contributed by atoms with Crippen LogP contribution in [0.1, 0.15) is 92.9 Å². The van der Waals surface area contributed by atoms with E-state index in [2.05, 4.69) is 48.1 Å². The topological polar surface area (TPSA) is 34.1 Å². The van der Waals surface area contributed by atoms with Crippen molar-refractivity contribution in [2.75, 3.05) is 0 Å². The largest absolute Gasteiger partial charge is 0.299 e. The maximum Gasteiger partial charge on any atom is 0.162 e. The van der Waals surface area contributed by atoms with Gasteiger partial charge in [0.05, 0.1) is 0 Å². The van der Waals surface area contributed by atoms with E-state index in [0.717, 1.165) is 24.8 Å². The Hall–Kier alpha value is -0.920. The lowest BCUT2D eigenvalue weighted by atomic mass is 9.56. The number of hydrogen-bond donors (Lipinski definition) is 0. The van der Waals surface area contributed by atoms with Gasteiger partial charge >= 0.3 is 0 Å². The van der Waals surface area contributed by atoms with Crippen molar-refractivity contribution in [1.29, 1.82) is 0 Å². The van der Waals surface area contributed by atoms with Gasteiger partial charge in [0.2, 0.25) is 0 Å². The van der Waals surface area contributed by atoms with E-state index in [-0.39, 0.29) is 28.1 Å². The summed E-state index contributed by atoms with van der Waals surface area (Å²) in [7, 11) is 0. The second-order valence-electron chi connectivity index (χ2n) is 14.7. The smallest absolute Gasteiger partial charge is 0.162 e. The standard InChI is InChI=1S/C30H44O2/c1-16-9-11-21-25-19(26(32)18(3)29(16,25)14-28(21,6)7)12-23-24(31)13-22-20-10-8-17(2)30(22,23)15-27(20,4)5/h16-17,19-23,25H,3,8-15H2,1-2,4-7H3/t16-,17-,19+,20-,21-,22-,23+,25-,29+,30-/m0/s1. The van der Waals surface area contributed by atoms with E-state index in [1.807, 2.05) is 0 Å². The molecule has 0 unspecified atom stereocenters. The Morgan fingerprint density at radius 1 is 0.844 bits per heavy atom. The molecule has 176 valence electrons. The normalized spacial score (nSPS) is 54.8. The molecule has 0 aromatic carbocycles. The molecular formula is C30H44O2. The zero-order valence-corrected chi connectivity index (χ0v) is 21.3. The van der Waals surface area contributed by atoms with Crippen molar-refractivity contribution in [3.05, 3.63) is 12.2 Å². The summed E-state index contributed by atoms with van der Waals surface area (Å²) in [5, 5.41) is 0. The fourth-order valence-corrected chi connectivity index (χ4v) is 11.8. The highest BCUT2D eigenvalue weighted by atomic mass is 16.1. The molecule has 0 aromatic rings. The molecule has 6 rings (SSSR count). The lowest BCUT2D eigenvalue weighted by Gasteiger charge is -2.47. The highest BCUT2D eigenvalue weighted by molar-refractivity contribution is 6.02. The van der Waals surface area contributed by atoms with Crippen LogP contribution in [0.2, 0.25) is 0 Å². The van der Waals surface area contributed by atoms with E-state index in [4.69, 9.17) is 0 Å². The van der Waals surface area contributed by atoms with Crippen LogP contribution < -0.4 is 0 Å². The zero-order chi connectivity index (χ0) is 23.0. The summed E-state index contributed by atoms with van der Waals surface area (Å²) in [6, 6.07) is 0. The Balaban J connectivity index is 1.41. The first-order valence-electron chi connectivity index (χ1n) is 13.6. The van der Waals surface area contributed by atoms with Gasteiger partial charge in [-0.1, -0.05) is 48.1 Å². The first-order valence-corrected chi connectivity index (χ1v) is 13.6. The molecule has 0 aliphatic heterocycles. The lowest BCUT2D eigenvalue weighted by Crippen LogP contribution is -2.43. The number of allylic oxidation sites excluding steroid dienone is 1. The predicted octanol–water partition coefficient (Wildman–Crippen LogP) is 6.88. The van der Waals surface area contributed by atoms with Crippen LogP contribution in [0, 0.1) is 69.0 Å². The molecule has 0 heterocycles. The highest BCUT2D eigenvalue weighted by Crippen LogP contribution is 2.76. The van der Waals surface area contributed by atoms with Crippen molar-refractivity contribution < 1.29 is 9.59 Å². The Bertz CT molecular complexity index is 910. The molecule has 2 nitrogen and oxygen atoms in total. The Kier molecular flexibility index (Phi) is 4.18. The molecule has 0 radical (unpaired) electrons. The van der Waals surface area contributed by atoms with Crippen molar-refractivity contribution in [2.45, 2.75) is 92.9 Å². The van der Waals surface area contributed by atoms with Gasteiger partial charge in [-0.3, -0.25) is 9.59 Å². The summed E-state index contributed by atoms with van der Waals surface area (Å²) in [5.74, 6) is 4.41. The minimum Gasteiger partial charge on any atom is -0.299 e. The molecule has 6 saturated carbocycles. The van der Waals surface area contributed by atoms with Gasteiger partial charge < -0.3 is 0 Å². The van der Waals surface area contributed by atoms with Gasteiger partial charge in [0.1, 0.15) is 5.78 Å². The van der Waals surface area contributed by atoms with Crippen LogP contribution in [0.3, 0.4) is 0 Å². The minimum absolute atomic E-state index is 0.00253. The van der Waals surface area contributed by atoms with Crippen molar-refractivity contribution >= 4 is 11.6 Å². The molecule has 32 heavy (non-hydrogen) atoms. The third-order valence-electron chi connectivity index (χ3n) is 12.9. The number of Topliss-reactive ketones (excluding diaryl/α,β-unsaturated/α-hetero) is 2. The minimum atomic E-state index is 0.00253. The van der Waals surface area contributed by atoms with Gasteiger partial charge in [-0.15, -0.1) is 0 Å². The average molecular weight is 437 g/mol. The first-order chi connectivity index (χ1) is 14.9. The lowest BCUT2D eigenvalue weighted by molar-refractivity contribution is -0.126. The molecular weight excluding hydrogens is 392 g/mol. The molecule has 2 heteroatoms. The van der Waals surface area contributed by atoms with Gasteiger partial charge in [0.15, 0.2) is 5.78 Å². The highest BCUT2D eigenvalue weighted by Gasteiger charge is 2.73. The van der Waals surface area contributed by atoms with Gasteiger partial charge in [-0.2, -0.15) is 0 Å².